The number of aromatic hydroxyl groups is 1. The van der Waals surface area contributed by atoms with Gasteiger partial charge in [0.25, 0.3) is 0 Å². The fourth-order valence-electron chi connectivity index (χ4n) is 2.03. The van der Waals surface area contributed by atoms with Crippen molar-refractivity contribution < 1.29 is 19.4 Å². The second-order valence-corrected chi connectivity index (χ2v) is 4.39. The summed E-state index contributed by atoms with van der Waals surface area (Å²) < 4.78 is 10.6. The van der Waals surface area contributed by atoms with Gasteiger partial charge in [-0.15, -0.1) is 0 Å². The molecule has 1 N–H and O–H groups in total. The fourth-order valence-corrected chi connectivity index (χ4v) is 2.03. The summed E-state index contributed by atoms with van der Waals surface area (Å²) in [6.07, 6.45) is 1.67. The van der Waals surface area contributed by atoms with E-state index >= 15 is 0 Å². The third kappa shape index (κ3) is 2.12. The predicted molar refractivity (Wildman–Crippen MR) is 74.0 cm³/mol. The van der Waals surface area contributed by atoms with Crippen LogP contribution in [0.15, 0.2) is 48.2 Å². The Morgan fingerprint density at radius 1 is 1.15 bits per heavy atom. The van der Waals surface area contributed by atoms with Crippen LogP contribution in [0.3, 0.4) is 0 Å². The van der Waals surface area contributed by atoms with Crippen LogP contribution in [0.5, 0.6) is 17.2 Å². The molecular weight excluding hydrogens is 256 g/mol. The molecule has 4 nitrogen and oxygen atoms in total. The van der Waals surface area contributed by atoms with Crippen molar-refractivity contribution in [1.29, 1.82) is 0 Å². The van der Waals surface area contributed by atoms with Gasteiger partial charge >= 0.3 is 0 Å². The number of carbonyl (C=O) groups excluding carboxylic acids is 1. The fraction of sp³-hybridized carbons (Fsp3) is 0.0625. The minimum absolute atomic E-state index is 0.0476. The molecule has 20 heavy (non-hydrogen) atoms. The Morgan fingerprint density at radius 2 is 1.90 bits per heavy atom. The van der Waals surface area contributed by atoms with Gasteiger partial charge in [-0.25, -0.2) is 0 Å². The van der Waals surface area contributed by atoms with Crippen LogP contribution >= 0.6 is 0 Å². The van der Waals surface area contributed by atoms with Crippen molar-refractivity contribution in [3.63, 3.8) is 0 Å². The summed E-state index contributed by atoms with van der Waals surface area (Å²) in [5, 5.41) is 9.41. The zero-order chi connectivity index (χ0) is 14.1. The van der Waals surface area contributed by atoms with E-state index in [2.05, 4.69) is 0 Å². The second-order valence-electron chi connectivity index (χ2n) is 4.39. The van der Waals surface area contributed by atoms with Crippen LogP contribution in [-0.4, -0.2) is 18.0 Å². The number of Topliss-reactive ketones (excluding diaryl/α,β-unsaturated/α-hetero) is 1. The number of hydrogen-bond donors (Lipinski definition) is 1. The molecule has 2 aromatic rings. The quantitative estimate of drug-likeness (QED) is 0.851. The Bertz CT molecular complexity index is 699. The van der Waals surface area contributed by atoms with E-state index in [9.17, 15) is 9.90 Å². The van der Waals surface area contributed by atoms with Gasteiger partial charge in [-0.05, 0) is 42.0 Å². The lowest BCUT2D eigenvalue weighted by Crippen LogP contribution is -1.98. The maximum Gasteiger partial charge on any atom is 0.232 e. The number of rotatable bonds is 2. The molecule has 4 heteroatoms. The molecular formula is C16H12O4. The number of benzene rings is 2. The van der Waals surface area contributed by atoms with Crippen LogP contribution in [0.4, 0.5) is 0 Å². The number of carbonyl (C=O) groups is 1. The van der Waals surface area contributed by atoms with Gasteiger partial charge in [0.15, 0.2) is 5.76 Å². The number of hydrogen-bond acceptors (Lipinski definition) is 4. The Labute approximate surface area is 115 Å². The highest BCUT2D eigenvalue weighted by molar-refractivity contribution is 6.14. The average Bonchev–Trinajstić information content (AvgIpc) is 2.76. The van der Waals surface area contributed by atoms with Crippen molar-refractivity contribution in [2.45, 2.75) is 0 Å². The van der Waals surface area contributed by atoms with Gasteiger partial charge in [0.2, 0.25) is 5.78 Å². The van der Waals surface area contributed by atoms with E-state index in [4.69, 9.17) is 9.47 Å². The molecule has 0 aromatic heterocycles. The number of allylic oxidation sites excluding steroid dienone is 1. The van der Waals surface area contributed by atoms with E-state index in [1.165, 1.54) is 12.1 Å². The van der Waals surface area contributed by atoms with Crippen LogP contribution in [0.2, 0.25) is 0 Å². The summed E-state index contributed by atoms with van der Waals surface area (Å²) in [4.78, 5) is 12.1. The number of ketones is 1. The van der Waals surface area contributed by atoms with Gasteiger partial charge in [-0.3, -0.25) is 4.79 Å². The second kappa shape index (κ2) is 4.74. The van der Waals surface area contributed by atoms with E-state index < -0.39 is 0 Å². The third-order valence-electron chi connectivity index (χ3n) is 3.07. The van der Waals surface area contributed by atoms with E-state index in [1.54, 1.807) is 19.3 Å². The van der Waals surface area contributed by atoms with Crippen molar-refractivity contribution in [2.75, 3.05) is 7.11 Å². The van der Waals surface area contributed by atoms with Crippen molar-refractivity contribution in [3.8, 4) is 17.2 Å². The maximum absolute atomic E-state index is 12.1. The molecule has 0 fully saturated rings. The first kappa shape index (κ1) is 12.3. The number of ether oxygens (including phenoxy) is 2. The van der Waals surface area contributed by atoms with Crippen LogP contribution < -0.4 is 9.47 Å². The molecule has 0 spiro atoms. The number of fused-ring (bicyclic) bond motifs is 1. The average molecular weight is 268 g/mol. The monoisotopic (exact) mass is 268 g/mol. The molecule has 3 rings (SSSR count). The summed E-state index contributed by atoms with van der Waals surface area (Å²) in [6, 6.07) is 11.8. The molecule has 0 atom stereocenters. The van der Waals surface area contributed by atoms with Gasteiger partial charge in [0.1, 0.15) is 17.2 Å². The molecule has 0 saturated carbocycles. The summed E-state index contributed by atoms with van der Waals surface area (Å²) in [5.74, 6) is 1.28. The molecule has 0 radical (unpaired) electrons. The highest BCUT2D eigenvalue weighted by Gasteiger charge is 2.27. The molecule has 1 heterocycles. The first-order chi connectivity index (χ1) is 9.67. The first-order valence-corrected chi connectivity index (χ1v) is 6.09. The number of phenolic OH excluding ortho intramolecular Hbond substituents is 1. The van der Waals surface area contributed by atoms with Crippen LogP contribution in [-0.2, 0) is 0 Å². The molecule has 1 aliphatic rings. The molecule has 100 valence electrons. The molecule has 0 amide bonds. The van der Waals surface area contributed by atoms with Gasteiger partial charge < -0.3 is 14.6 Å². The summed E-state index contributed by atoms with van der Waals surface area (Å²) in [6.45, 7) is 0. The normalized spacial score (nSPS) is 15.1. The SMILES string of the molecule is COc1ccc(/C=C2\Oc3ccc(O)cc3C2=O)cc1. The molecule has 0 bridgehead atoms. The van der Waals surface area contributed by atoms with Crippen molar-refractivity contribution in [1.82, 2.24) is 0 Å². The van der Waals surface area contributed by atoms with Crippen molar-refractivity contribution in [3.05, 3.63) is 59.4 Å². The Balaban J connectivity index is 1.92. The zero-order valence-electron chi connectivity index (χ0n) is 10.8. The van der Waals surface area contributed by atoms with Crippen LogP contribution in [0.25, 0.3) is 6.08 Å². The van der Waals surface area contributed by atoms with E-state index in [0.717, 1.165) is 11.3 Å². The number of methoxy groups -OCH3 is 1. The molecule has 0 saturated heterocycles. The minimum atomic E-state index is -0.230. The van der Waals surface area contributed by atoms with E-state index in [1.807, 2.05) is 24.3 Å². The molecule has 0 aliphatic carbocycles. The molecule has 0 unspecified atom stereocenters. The third-order valence-corrected chi connectivity index (χ3v) is 3.07. The topological polar surface area (TPSA) is 55.8 Å². The largest absolute Gasteiger partial charge is 0.508 e. The van der Waals surface area contributed by atoms with Gasteiger partial charge in [0.05, 0.1) is 12.7 Å². The van der Waals surface area contributed by atoms with Gasteiger partial charge in [-0.1, -0.05) is 12.1 Å². The lowest BCUT2D eigenvalue weighted by molar-refractivity contribution is 0.101. The lowest BCUT2D eigenvalue weighted by Gasteiger charge is -2.01. The Morgan fingerprint density at radius 3 is 2.60 bits per heavy atom. The van der Waals surface area contributed by atoms with E-state index in [0.29, 0.717) is 11.3 Å². The van der Waals surface area contributed by atoms with Crippen LogP contribution in [0.1, 0.15) is 15.9 Å². The first-order valence-electron chi connectivity index (χ1n) is 6.09. The highest BCUT2D eigenvalue weighted by Crippen LogP contribution is 2.34. The summed E-state index contributed by atoms with van der Waals surface area (Å²) in [5.41, 5.74) is 1.22. The highest BCUT2D eigenvalue weighted by atomic mass is 16.5. The molecule has 1 aliphatic heterocycles. The Hall–Kier alpha value is -2.75. The number of phenols is 1. The zero-order valence-corrected chi connectivity index (χ0v) is 10.8. The predicted octanol–water partition coefficient (Wildman–Crippen LogP) is 3.02. The summed E-state index contributed by atoms with van der Waals surface area (Å²) in [7, 11) is 1.60. The van der Waals surface area contributed by atoms with E-state index in [-0.39, 0.29) is 17.3 Å². The van der Waals surface area contributed by atoms with Crippen LogP contribution in [0, 0.1) is 0 Å². The lowest BCUT2D eigenvalue weighted by atomic mass is 10.1. The molecule has 2 aromatic carbocycles. The van der Waals surface area contributed by atoms with Crippen molar-refractivity contribution in [2.24, 2.45) is 0 Å². The van der Waals surface area contributed by atoms with Gasteiger partial charge in [-0.2, -0.15) is 0 Å². The summed E-state index contributed by atoms with van der Waals surface area (Å²) >= 11 is 0. The Kier molecular flexibility index (Phi) is 2.91. The maximum atomic E-state index is 12.1. The smallest absolute Gasteiger partial charge is 0.232 e. The van der Waals surface area contributed by atoms with Gasteiger partial charge in [0, 0.05) is 0 Å². The standard InChI is InChI=1S/C16H12O4/c1-19-12-5-2-10(3-6-12)8-15-16(18)13-9-11(17)4-7-14(13)20-15/h2-9,17H,1H3/b15-8-. The van der Waals surface area contributed by atoms with Crippen molar-refractivity contribution >= 4 is 11.9 Å². The minimum Gasteiger partial charge on any atom is -0.508 e.